The van der Waals surface area contributed by atoms with Crippen molar-refractivity contribution in [1.82, 2.24) is 10.9 Å². The zero-order chi connectivity index (χ0) is 26.4. The largest absolute Gasteiger partial charge is 0.497 e. The van der Waals surface area contributed by atoms with Gasteiger partial charge in [0, 0.05) is 6.07 Å². The highest BCUT2D eigenvalue weighted by Gasteiger charge is 2.33. The molecule has 37 heavy (non-hydrogen) atoms. The Labute approximate surface area is 226 Å². The van der Waals surface area contributed by atoms with Crippen molar-refractivity contribution in [3.63, 3.8) is 0 Å². The molecule has 0 spiro atoms. The van der Waals surface area contributed by atoms with Gasteiger partial charge in [0.05, 0.1) is 35.6 Å². The normalized spacial score (nSPS) is 13.9. The number of thioether (sulfide) groups is 1. The standard InChI is InChI=1S/C25H21ClN4O5S2/c1-34-17-8-5-15(6-9-17)12-19-24(33)30(16-7-10-18(26)20(13-16)35-2)25(27-19)37-14-22(31)28-29-23(32)21-4-3-11-36-21/h3-13H,14H2,1-2H3,(H,28,31)(H,29,32)/b19-12-. The van der Waals surface area contributed by atoms with Crippen molar-refractivity contribution < 1.29 is 23.9 Å². The summed E-state index contributed by atoms with van der Waals surface area (Å²) in [6.45, 7) is 0. The number of hydrogen-bond acceptors (Lipinski definition) is 8. The number of hydrazine groups is 1. The molecule has 2 heterocycles. The molecule has 0 fully saturated rings. The summed E-state index contributed by atoms with van der Waals surface area (Å²) in [5.74, 6) is -0.292. The monoisotopic (exact) mass is 556 g/mol. The number of anilines is 1. The lowest BCUT2D eigenvalue weighted by Crippen LogP contribution is -2.42. The van der Waals surface area contributed by atoms with E-state index in [0.717, 1.165) is 17.3 Å². The summed E-state index contributed by atoms with van der Waals surface area (Å²) in [6, 6.07) is 15.5. The molecule has 3 amide bonds. The summed E-state index contributed by atoms with van der Waals surface area (Å²) in [5, 5.41) is 2.44. The third-order valence-electron chi connectivity index (χ3n) is 5.03. The van der Waals surface area contributed by atoms with E-state index in [0.29, 0.717) is 27.1 Å². The van der Waals surface area contributed by atoms with Crippen LogP contribution in [-0.4, -0.2) is 42.9 Å². The Morgan fingerprint density at radius 1 is 1.11 bits per heavy atom. The van der Waals surface area contributed by atoms with Gasteiger partial charge in [0.1, 0.15) is 17.2 Å². The highest BCUT2D eigenvalue weighted by atomic mass is 35.5. The number of aliphatic imine (C=N–C) groups is 1. The van der Waals surface area contributed by atoms with Crippen molar-refractivity contribution in [2.45, 2.75) is 0 Å². The fourth-order valence-electron chi connectivity index (χ4n) is 3.23. The lowest BCUT2D eigenvalue weighted by Gasteiger charge is -2.19. The fourth-order valence-corrected chi connectivity index (χ4v) is 4.85. The minimum atomic E-state index is -0.466. The van der Waals surface area contributed by atoms with Crippen LogP contribution in [0.4, 0.5) is 5.69 Å². The molecule has 2 aromatic carbocycles. The maximum atomic E-state index is 13.4. The molecule has 0 saturated carbocycles. The Morgan fingerprint density at radius 2 is 1.89 bits per heavy atom. The van der Waals surface area contributed by atoms with Gasteiger partial charge in [-0.25, -0.2) is 4.99 Å². The maximum absolute atomic E-state index is 13.4. The summed E-state index contributed by atoms with van der Waals surface area (Å²) in [6.07, 6.45) is 1.65. The number of nitrogens with zero attached hydrogens (tertiary/aromatic N) is 2. The second kappa shape index (κ2) is 12.0. The molecule has 0 aliphatic carbocycles. The number of amidine groups is 1. The molecular weight excluding hydrogens is 536 g/mol. The quantitative estimate of drug-likeness (QED) is 0.331. The van der Waals surface area contributed by atoms with Gasteiger partial charge >= 0.3 is 0 Å². The molecule has 0 radical (unpaired) electrons. The number of methoxy groups -OCH3 is 2. The lowest BCUT2D eigenvalue weighted by atomic mass is 10.2. The third-order valence-corrected chi connectivity index (χ3v) is 7.15. The number of carbonyl (C=O) groups excluding carboxylic acids is 3. The van der Waals surface area contributed by atoms with Gasteiger partial charge in [-0.1, -0.05) is 41.6 Å². The topological polar surface area (TPSA) is 109 Å². The molecule has 0 saturated heterocycles. The molecule has 9 nitrogen and oxygen atoms in total. The van der Waals surface area contributed by atoms with Crippen molar-refractivity contribution in [2.24, 2.45) is 4.99 Å². The predicted molar refractivity (Wildman–Crippen MR) is 146 cm³/mol. The van der Waals surface area contributed by atoms with Crippen LogP contribution in [0.15, 0.2) is 70.7 Å². The van der Waals surface area contributed by atoms with Gasteiger partial charge in [0.25, 0.3) is 11.8 Å². The van der Waals surface area contributed by atoms with Gasteiger partial charge in [-0.05, 0) is 47.4 Å². The molecule has 0 unspecified atom stereocenters. The molecule has 1 aromatic heterocycles. The Bertz CT molecular complexity index is 1370. The van der Waals surface area contributed by atoms with Crippen LogP contribution in [0.25, 0.3) is 6.08 Å². The number of nitrogens with one attached hydrogen (secondary N) is 2. The van der Waals surface area contributed by atoms with Crippen molar-refractivity contribution in [3.05, 3.63) is 81.1 Å². The predicted octanol–water partition coefficient (Wildman–Crippen LogP) is 4.36. The highest BCUT2D eigenvalue weighted by Crippen LogP contribution is 2.34. The number of amides is 3. The first kappa shape index (κ1) is 26.3. The second-order valence-electron chi connectivity index (χ2n) is 7.42. The number of rotatable bonds is 7. The summed E-state index contributed by atoms with van der Waals surface area (Å²) < 4.78 is 10.5. The average Bonchev–Trinajstić information content (AvgIpc) is 3.56. The van der Waals surface area contributed by atoms with Crippen molar-refractivity contribution in [2.75, 3.05) is 24.9 Å². The molecule has 1 aliphatic rings. The Balaban J connectivity index is 1.54. The lowest BCUT2D eigenvalue weighted by molar-refractivity contribution is -0.119. The van der Waals surface area contributed by atoms with E-state index in [2.05, 4.69) is 15.8 Å². The molecule has 12 heteroatoms. The van der Waals surface area contributed by atoms with Gasteiger partial charge in [0.2, 0.25) is 5.91 Å². The number of thiophene rings is 1. The van der Waals surface area contributed by atoms with Crippen molar-refractivity contribution in [3.8, 4) is 11.5 Å². The minimum absolute atomic E-state index is 0.103. The van der Waals surface area contributed by atoms with Crippen LogP contribution in [0, 0.1) is 0 Å². The molecule has 0 atom stereocenters. The number of ether oxygens (including phenoxy) is 2. The van der Waals surface area contributed by atoms with Crippen molar-refractivity contribution in [1.29, 1.82) is 0 Å². The van der Waals surface area contributed by atoms with E-state index in [9.17, 15) is 14.4 Å². The number of benzene rings is 2. The van der Waals surface area contributed by atoms with Crippen LogP contribution in [0.2, 0.25) is 5.02 Å². The van der Waals surface area contributed by atoms with E-state index in [1.165, 1.54) is 23.3 Å². The minimum Gasteiger partial charge on any atom is -0.497 e. The number of halogens is 1. The van der Waals surface area contributed by atoms with Crippen LogP contribution in [0.5, 0.6) is 11.5 Å². The first-order valence-corrected chi connectivity index (χ1v) is 13.0. The average molecular weight is 557 g/mol. The van der Waals surface area contributed by atoms with Gasteiger partial charge in [0.15, 0.2) is 5.17 Å². The Morgan fingerprint density at radius 3 is 2.57 bits per heavy atom. The van der Waals surface area contributed by atoms with E-state index < -0.39 is 11.8 Å². The van der Waals surface area contributed by atoms with Crippen LogP contribution >= 0.6 is 34.7 Å². The van der Waals surface area contributed by atoms with Crippen LogP contribution in [-0.2, 0) is 9.59 Å². The van der Waals surface area contributed by atoms with Crippen molar-refractivity contribution >= 4 is 69.4 Å². The summed E-state index contributed by atoms with van der Waals surface area (Å²) in [4.78, 5) is 44.2. The first-order valence-electron chi connectivity index (χ1n) is 10.8. The smallest absolute Gasteiger partial charge is 0.283 e. The molecule has 4 rings (SSSR count). The zero-order valence-electron chi connectivity index (χ0n) is 19.7. The second-order valence-corrected chi connectivity index (χ2v) is 9.72. The van der Waals surface area contributed by atoms with Crippen LogP contribution < -0.4 is 25.2 Å². The van der Waals surface area contributed by atoms with E-state index in [-0.39, 0.29) is 22.5 Å². The maximum Gasteiger partial charge on any atom is 0.283 e. The third kappa shape index (κ3) is 6.31. The SMILES string of the molecule is COc1ccc(/C=C2\N=C(SCC(=O)NNC(=O)c3cccs3)N(c3ccc(Cl)c(OC)c3)C2=O)cc1. The van der Waals surface area contributed by atoms with Crippen LogP contribution in [0.1, 0.15) is 15.2 Å². The molecule has 1 aliphatic heterocycles. The summed E-state index contributed by atoms with van der Waals surface area (Å²) >= 11 is 8.47. The van der Waals surface area contributed by atoms with E-state index in [1.807, 2.05) is 0 Å². The van der Waals surface area contributed by atoms with E-state index in [1.54, 1.807) is 73.2 Å². The molecule has 0 bridgehead atoms. The molecular formula is C25H21ClN4O5S2. The first-order chi connectivity index (χ1) is 17.9. The van der Waals surface area contributed by atoms with E-state index >= 15 is 0 Å². The van der Waals surface area contributed by atoms with Gasteiger partial charge in [-0.15, -0.1) is 11.3 Å². The molecule has 3 aromatic rings. The summed E-state index contributed by atoms with van der Waals surface area (Å²) in [5.41, 5.74) is 6.16. The number of hydrogen-bond donors (Lipinski definition) is 2. The molecule has 2 N–H and O–H groups in total. The van der Waals surface area contributed by atoms with Gasteiger partial charge in [-0.3, -0.25) is 30.1 Å². The zero-order valence-corrected chi connectivity index (χ0v) is 22.1. The van der Waals surface area contributed by atoms with E-state index in [4.69, 9.17) is 21.1 Å². The molecule has 190 valence electrons. The number of carbonyl (C=O) groups is 3. The van der Waals surface area contributed by atoms with Crippen LogP contribution in [0.3, 0.4) is 0 Å². The Hall–Kier alpha value is -3.80. The highest BCUT2D eigenvalue weighted by molar-refractivity contribution is 8.14. The Kier molecular flexibility index (Phi) is 8.49. The van der Waals surface area contributed by atoms with Gasteiger partial charge in [-0.2, -0.15) is 0 Å². The van der Waals surface area contributed by atoms with Gasteiger partial charge < -0.3 is 9.47 Å². The fraction of sp³-hybridized carbons (Fsp3) is 0.120. The summed E-state index contributed by atoms with van der Waals surface area (Å²) in [7, 11) is 3.05.